The Morgan fingerprint density at radius 1 is 0.900 bits per heavy atom. The molecule has 2 aliphatic rings. The Morgan fingerprint density at radius 3 is 2.23 bits per heavy atom. The minimum absolute atomic E-state index is 0.308. The molecular formula is C20H20F3N5O2. The van der Waals surface area contributed by atoms with Crippen molar-refractivity contribution in [2.24, 2.45) is 0 Å². The van der Waals surface area contributed by atoms with Crippen LogP contribution in [-0.4, -0.2) is 49.6 Å². The Balaban J connectivity index is 1.32. The van der Waals surface area contributed by atoms with Crippen LogP contribution in [0.25, 0.3) is 0 Å². The molecule has 1 saturated heterocycles. The molecule has 0 bridgehead atoms. The molecule has 2 heterocycles. The molecule has 2 amide bonds. The van der Waals surface area contributed by atoms with Gasteiger partial charge in [0.15, 0.2) is 0 Å². The van der Waals surface area contributed by atoms with Gasteiger partial charge in [-0.1, -0.05) is 0 Å². The number of anilines is 4. The molecule has 0 unspecified atom stereocenters. The van der Waals surface area contributed by atoms with Gasteiger partial charge in [0.2, 0.25) is 0 Å². The van der Waals surface area contributed by atoms with Crippen LogP contribution in [0.4, 0.5) is 35.9 Å². The molecule has 0 spiro atoms. The van der Waals surface area contributed by atoms with Gasteiger partial charge in [-0.25, -0.2) is 0 Å². The summed E-state index contributed by atoms with van der Waals surface area (Å²) in [6.07, 6.45) is -4.37. The van der Waals surface area contributed by atoms with Gasteiger partial charge in [0.1, 0.15) is 0 Å². The zero-order chi connectivity index (χ0) is 21.3. The maximum Gasteiger partial charge on any atom is 0.416 e. The normalized spacial score (nSPS) is 15.8. The first kappa shape index (κ1) is 19.9. The minimum atomic E-state index is -4.37. The van der Waals surface area contributed by atoms with Crippen LogP contribution in [0.15, 0.2) is 42.5 Å². The minimum Gasteiger partial charge on any atom is -0.368 e. The van der Waals surface area contributed by atoms with Gasteiger partial charge in [-0.05, 0) is 42.5 Å². The number of carbonyl (C=O) groups excluding carboxylic acids is 2. The van der Waals surface area contributed by atoms with Gasteiger partial charge in [-0.15, -0.1) is 0 Å². The van der Waals surface area contributed by atoms with Crippen LogP contribution >= 0.6 is 0 Å². The van der Waals surface area contributed by atoms with Crippen molar-refractivity contribution in [2.75, 3.05) is 53.7 Å². The zero-order valence-electron chi connectivity index (χ0n) is 15.9. The summed E-state index contributed by atoms with van der Waals surface area (Å²) in [6.45, 7) is 2.08. The van der Waals surface area contributed by atoms with Crippen molar-refractivity contribution in [2.45, 2.75) is 6.18 Å². The Hall–Kier alpha value is -3.43. The topological polar surface area (TPSA) is 76.7 Å². The summed E-state index contributed by atoms with van der Waals surface area (Å²) in [7, 11) is 0. The van der Waals surface area contributed by atoms with E-state index >= 15 is 0 Å². The van der Waals surface area contributed by atoms with E-state index in [0.29, 0.717) is 44.2 Å². The number of halogens is 3. The van der Waals surface area contributed by atoms with Crippen LogP contribution in [0.1, 0.15) is 5.56 Å². The maximum absolute atomic E-state index is 12.7. The maximum atomic E-state index is 12.7. The third-order valence-electron chi connectivity index (χ3n) is 5.16. The molecule has 2 aromatic carbocycles. The molecule has 0 aromatic heterocycles. The highest BCUT2D eigenvalue weighted by molar-refractivity contribution is 6.39. The molecule has 0 atom stereocenters. The molecule has 1 fully saturated rings. The van der Waals surface area contributed by atoms with Crippen molar-refractivity contribution in [1.29, 1.82) is 0 Å². The van der Waals surface area contributed by atoms with Gasteiger partial charge >= 0.3 is 18.0 Å². The summed E-state index contributed by atoms with van der Waals surface area (Å²) < 4.78 is 38.1. The zero-order valence-corrected chi connectivity index (χ0v) is 15.9. The van der Waals surface area contributed by atoms with E-state index in [0.717, 1.165) is 23.5 Å². The predicted octanol–water partition coefficient (Wildman–Crippen LogP) is 2.79. The summed E-state index contributed by atoms with van der Waals surface area (Å²) in [5.41, 5.74) is 2.25. The number of hydrogen-bond acceptors (Lipinski definition) is 5. The van der Waals surface area contributed by atoms with Gasteiger partial charge in [0.25, 0.3) is 0 Å². The summed E-state index contributed by atoms with van der Waals surface area (Å²) in [5, 5.41) is 8.85. The Kier molecular flexibility index (Phi) is 5.15. The van der Waals surface area contributed by atoms with Crippen LogP contribution in [0.5, 0.6) is 0 Å². The highest BCUT2D eigenvalue weighted by atomic mass is 19.4. The average molecular weight is 419 g/mol. The van der Waals surface area contributed by atoms with Crippen LogP contribution in [0.2, 0.25) is 0 Å². The lowest BCUT2D eigenvalue weighted by Crippen LogP contribution is -2.51. The van der Waals surface area contributed by atoms with Crippen molar-refractivity contribution in [3.8, 4) is 0 Å². The van der Waals surface area contributed by atoms with E-state index in [-0.39, 0.29) is 0 Å². The number of benzene rings is 2. The molecule has 2 aliphatic heterocycles. The van der Waals surface area contributed by atoms with Crippen LogP contribution < -0.4 is 20.9 Å². The summed E-state index contributed by atoms with van der Waals surface area (Å²) in [5.74, 6) is -1.35. The largest absolute Gasteiger partial charge is 0.416 e. The van der Waals surface area contributed by atoms with Crippen LogP contribution in [0, 0.1) is 0 Å². The first-order chi connectivity index (χ1) is 14.3. The molecule has 3 N–H and O–H groups in total. The fraction of sp³-hybridized carbons (Fsp3) is 0.300. The smallest absolute Gasteiger partial charge is 0.368 e. The number of fused-ring (bicyclic) bond motifs is 1. The third-order valence-corrected chi connectivity index (χ3v) is 5.16. The number of amides is 2. The van der Waals surface area contributed by atoms with Gasteiger partial charge in [-0.2, -0.15) is 13.2 Å². The van der Waals surface area contributed by atoms with E-state index in [1.807, 2.05) is 11.0 Å². The van der Waals surface area contributed by atoms with E-state index in [1.165, 1.54) is 17.0 Å². The number of piperazine rings is 1. The van der Waals surface area contributed by atoms with E-state index in [4.69, 9.17) is 0 Å². The highest BCUT2D eigenvalue weighted by Gasteiger charge is 2.31. The molecule has 30 heavy (non-hydrogen) atoms. The molecule has 158 valence electrons. The standard InChI is InChI=1S/C20H20F3N5O2/c21-20(22,23)13-1-4-15(5-2-13)27-7-9-28(10-8-27)19(30)18(29)26-14-3-6-16-17(11-14)25-12-24-16/h1-6,11,24-25H,7-10,12H2,(H,26,29). The van der Waals surface area contributed by atoms with Crippen LogP contribution in [-0.2, 0) is 15.8 Å². The third kappa shape index (κ3) is 4.12. The van der Waals surface area contributed by atoms with Gasteiger partial charge in [-0.3, -0.25) is 9.59 Å². The Labute approximate surface area is 170 Å². The number of carbonyl (C=O) groups is 2. The summed E-state index contributed by atoms with van der Waals surface area (Å²) >= 11 is 0. The number of rotatable bonds is 2. The highest BCUT2D eigenvalue weighted by Crippen LogP contribution is 2.31. The second-order valence-electron chi connectivity index (χ2n) is 7.07. The van der Waals surface area contributed by atoms with Crippen molar-refractivity contribution < 1.29 is 22.8 Å². The second kappa shape index (κ2) is 7.77. The number of hydrogen-bond donors (Lipinski definition) is 3. The Morgan fingerprint density at radius 2 is 1.57 bits per heavy atom. The number of nitrogens with one attached hydrogen (secondary N) is 3. The second-order valence-corrected chi connectivity index (χ2v) is 7.07. The van der Waals surface area contributed by atoms with E-state index in [9.17, 15) is 22.8 Å². The molecule has 4 rings (SSSR count). The lowest BCUT2D eigenvalue weighted by molar-refractivity contribution is -0.143. The van der Waals surface area contributed by atoms with E-state index in [2.05, 4.69) is 16.0 Å². The molecule has 0 aliphatic carbocycles. The monoisotopic (exact) mass is 419 g/mol. The van der Waals surface area contributed by atoms with Crippen molar-refractivity contribution >= 4 is 34.6 Å². The van der Waals surface area contributed by atoms with Crippen molar-refractivity contribution in [3.63, 3.8) is 0 Å². The molecule has 2 aromatic rings. The molecule has 0 saturated carbocycles. The lowest BCUT2D eigenvalue weighted by Gasteiger charge is -2.35. The summed E-state index contributed by atoms with van der Waals surface area (Å²) in [6, 6.07) is 10.2. The quantitative estimate of drug-likeness (QED) is 0.653. The number of nitrogens with zero attached hydrogens (tertiary/aromatic N) is 2. The predicted molar refractivity (Wildman–Crippen MR) is 107 cm³/mol. The fourth-order valence-corrected chi connectivity index (χ4v) is 3.51. The van der Waals surface area contributed by atoms with E-state index in [1.54, 1.807) is 12.1 Å². The Bertz CT molecular complexity index is 954. The van der Waals surface area contributed by atoms with Gasteiger partial charge in [0.05, 0.1) is 23.6 Å². The van der Waals surface area contributed by atoms with Crippen LogP contribution in [0.3, 0.4) is 0 Å². The first-order valence-corrected chi connectivity index (χ1v) is 9.45. The van der Waals surface area contributed by atoms with E-state index < -0.39 is 23.6 Å². The number of alkyl halides is 3. The lowest BCUT2D eigenvalue weighted by atomic mass is 10.1. The molecule has 10 heteroatoms. The molecule has 7 nitrogen and oxygen atoms in total. The fourth-order valence-electron chi connectivity index (χ4n) is 3.51. The molecule has 0 radical (unpaired) electrons. The first-order valence-electron chi connectivity index (χ1n) is 9.45. The molecular weight excluding hydrogens is 399 g/mol. The van der Waals surface area contributed by atoms with Crippen molar-refractivity contribution in [1.82, 2.24) is 4.90 Å². The average Bonchev–Trinajstić information content (AvgIpc) is 3.21. The SMILES string of the molecule is O=C(Nc1ccc2c(c1)NCN2)C(=O)N1CCN(c2ccc(C(F)(F)F)cc2)CC1. The van der Waals surface area contributed by atoms with Gasteiger partial charge in [0, 0.05) is 37.6 Å². The summed E-state index contributed by atoms with van der Waals surface area (Å²) in [4.78, 5) is 28.2. The van der Waals surface area contributed by atoms with Gasteiger partial charge < -0.3 is 25.8 Å². The van der Waals surface area contributed by atoms with Crippen molar-refractivity contribution in [3.05, 3.63) is 48.0 Å².